The van der Waals surface area contributed by atoms with Crippen molar-refractivity contribution in [3.05, 3.63) is 0 Å². The molecule has 0 aromatic heterocycles. The zero-order valence-electron chi connectivity index (χ0n) is 10.6. The minimum atomic E-state index is -0.712. The second-order valence-electron chi connectivity index (χ2n) is 5.27. The Morgan fingerprint density at radius 1 is 1.38 bits per heavy atom. The molecule has 16 heavy (non-hydrogen) atoms. The fourth-order valence-corrected chi connectivity index (χ4v) is 1.87. The molecule has 0 heterocycles. The van der Waals surface area contributed by atoms with E-state index in [1.54, 1.807) is 0 Å². The largest absolute Gasteiger partial charge is 0.480 e. The summed E-state index contributed by atoms with van der Waals surface area (Å²) in [6.45, 7) is 4.86. The summed E-state index contributed by atoms with van der Waals surface area (Å²) in [4.78, 5) is 11.3. The van der Waals surface area contributed by atoms with Crippen LogP contribution in [0.3, 0.4) is 0 Å². The van der Waals surface area contributed by atoms with Crippen molar-refractivity contribution in [3.8, 4) is 0 Å². The lowest BCUT2D eigenvalue weighted by atomic mass is 9.94. The van der Waals surface area contributed by atoms with Gasteiger partial charge in [0, 0.05) is 0 Å². The number of carbonyl (C=O) groups is 1. The zero-order valence-corrected chi connectivity index (χ0v) is 10.6. The molecule has 3 heteroatoms. The topological polar surface area (TPSA) is 49.3 Å². The number of aliphatic carboxylic acids is 1. The second-order valence-corrected chi connectivity index (χ2v) is 5.27. The summed E-state index contributed by atoms with van der Waals surface area (Å²) in [5.41, 5.74) is -0.712. The van der Waals surface area contributed by atoms with Crippen molar-refractivity contribution in [1.82, 2.24) is 5.32 Å². The first-order valence-electron chi connectivity index (χ1n) is 6.57. The minimum absolute atomic E-state index is 0.704. The Morgan fingerprint density at radius 3 is 2.56 bits per heavy atom. The SMILES string of the molecule is CCCCCCC(C)(NCC1CC1)C(=O)O. The normalized spacial score (nSPS) is 19.4. The summed E-state index contributed by atoms with van der Waals surface area (Å²) in [5.74, 6) is 0.0268. The summed E-state index contributed by atoms with van der Waals surface area (Å²) >= 11 is 0. The Labute approximate surface area is 98.6 Å². The van der Waals surface area contributed by atoms with Gasteiger partial charge in [0.05, 0.1) is 0 Å². The molecule has 1 atom stereocenters. The molecule has 1 saturated carbocycles. The molecule has 0 spiro atoms. The molecule has 0 radical (unpaired) electrons. The lowest BCUT2D eigenvalue weighted by Crippen LogP contribution is -2.50. The number of carboxylic acid groups (broad SMARTS) is 1. The molecule has 1 fully saturated rings. The van der Waals surface area contributed by atoms with Gasteiger partial charge in [-0.15, -0.1) is 0 Å². The molecule has 0 bridgehead atoms. The second kappa shape index (κ2) is 6.24. The third-order valence-electron chi connectivity index (χ3n) is 3.48. The molecule has 94 valence electrons. The minimum Gasteiger partial charge on any atom is -0.480 e. The number of hydrogen-bond donors (Lipinski definition) is 2. The number of hydrogen-bond acceptors (Lipinski definition) is 2. The number of unbranched alkanes of at least 4 members (excludes halogenated alkanes) is 3. The highest BCUT2D eigenvalue weighted by Gasteiger charge is 2.34. The van der Waals surface area contributed by atoms with Gasteiger partial charge in [-0.25, -0.2) is 0 Å². The zero-order chi connectivity index (χ0) is 12.0. The number of nitrogens with one attached hydrogen (secondary N) is 1. The van der Waals surface area contributed by atoms with Crippen LogP contribution in [0.4, 0.5) is 0 Å². The van der Waals surface area contributed by atoms with E-state index in [0.717, 1.165) is 31.7 Å². The van der Waals surface area contributed by atoms with Crippen LogP contribution in [0.5, 0.6) is 0 Å². The van der Waals surface area contributed by atoms with Gasteiger partial charge >= 0.3 is 5.97 Å². The van der Waals surface area contributed by atoms with Crippen LogP contribution >= 0.6 is 0 Å². The predicted octanol–water partition coefficient (Wildman–Crippen LogP) is 2.80. The first-order chi connectivity index (χ1) is 7.58. The summed E-state index contributed by atoms with van der Waals surface area (Å²) in [5, 5.41) is 12.5. The van der Waals surface area contributed by atoms with Crippen LogP contribution in [-0.2, 0) is 4.79 Å². The van der Waals surface area contributed by atoms with Crippen molar-refractivity contribution >= 4 is 5.97 Å². The Morgan fingerprint density at radius 2 is 2.06 bits per heavy atom. The molecule has 1 aliphatic carbocycles. The van der Waals surface area contributed by atoms with Gasteiger partial charge in [0.15, 0.2) is 0 Å². The number of rotatable bonds is 9. The quantitative estimate of drug-likeness (QED) is 0.595. The van der Waals surface area contributed by atoms with E-state index in [0.29, 0.717) is 0 Å². The Bertz CT molecular complexity index is 226. The van der Waals surface area contributed by atoms with Crippen molar-refractivity contribution in [2.24, 2.45) is 5.92 Å². The highest BCUT2D eigenvalue weighted by molar-refractivity contribution is 5.78. The molecule has 3 nitrogen and oxygen atoms in total. The fraction of sp³-hybridized carbons (Fsp3) is 0.923. The predicted molar refractivity (Wildman–Crippen MR) is 65.5 cm³/mol. The lowest BCUT2D eigenvalue weighted by Gasteiger charge is -2.26. The maximum absolute atomic E-state index is 11.3. The first kappa shape index (κ1) is 13.5. The summed E-state index contributed by atoms with van der Waals surface area (Å²) in [6, 6.07) is 0. The van der Waals surface area contributed by atoms with E-state index in [2.05, 4.69) is 12.2 Å². The van der Waals surface area contributed by atoms with Crippen molar-refractivity contribution in [2.45, 2.75) is 64.3 Å². The van der Waals surface area contributed by atoms with E-state index in [9.17, 15) is 9.90 Å². The van der Waals surface area contributed by atoms with Gasteiger partial charge < -0.3 is 10.4 Å². The van der Waals surface area contributed by atoms with E-state index >= 15 is 0 Å². The highest BCUT2D eigenvalue weighted by atomic mass is 16.4. The van der Waals surface area contributed by atoms with E-state index in [1.807, 2.05) is 6.92 Å². The smallest absolute Gasteiger partial charge is 0.323 e. The summed E-state index contributed by atoms with van der Waals surface area (Å²) in [6.07, 6.45) is 7.82. The molecular formula is C13H25NO2. The van der Waals surface area contributed by atoms with Crippen molar-refractivity contribution < 1.29 is 9.90 Å². The molecule has 0 amide bonds. The molecule has 0 saturated heterocycles. The van der Waals surface area contributed by atoms with Gasteiger partial charge in [-0.2, -0.15) is 0 Å². The Kier molecular flexibility index (Phi) is 5.26. The molecule has 1 unspecified atom stereocenters. The van der Waals surface area contributed by atoms with Crippen molar-refractivity contribution in [2.75, 3.05) is 6.54 Å². The first-order valence-corrected chi connectivity index (χ1v) is 6.57. The summed E-state index contributed by atoms with van der Waals surface area (Å²) < 4.78 is 0. The average molecular weight is 227 g/mol. The van der Waals surface area contributed by atoms with Crippen LogP contribution in [0.2, 0.25) is 0 Å². The maximum atomic E-state index is 11.3. The van der Waals surface area contributed by atoms with Gasteiger partial charge in [0.25, 0.3) is 0 Å². The molecule has 2 N–H and O–H groups in total. The van der Waals surface area contributed by atoms with Gasteiger partial charge in [0.2, 0.25) is 0 Å². The van der Waals surface area contributed by atoms with E-state index < -0.39 is 11.5 Å². The fourth-order valence-electron chi connectivity index (χ4n) is 1.87. The average Bonchev–Trinajstić information content (AvgIpc) is 3.05. The molecule has 0 aliphatic heterocycles. The monoisotopic (exact) mass is 227 g/mol. The van der Waals surface area contributed by atoms with Gasteiger partial charge in [-0.1, -0.05) is 32.6 Å². The van der Waals surface area contributed by atoms with Crippen molar-refractivity contribution in [3.63, 3.8) is 0 Å². The maximum Gasteiger partial charge on any atom is 0.323 e. The standard InChI is InChI=1S/C13H25NO2/c1-3-4-5-6-9-13(2,12(15)16)14-10-11-7-8-11/h11,14H,3-10H2,1-2H3,(H,15,16). The summed E-state index contributed by atoms with van der Waals surface area (Å²) in [7, 11) is 0. The Hall–Kier alpha value is -0.570. The molecule has 0 aromatic rings. The van der Waals surface area contributed by atoms with Crippen LogP contribution < -0.4 is 5.32 Å². The third kappa shape index (κ3) is 4.52. The van der Waals surface area contributed by atoms with Gasteiger partial charge in [-0.3, -0.25) is 4.79 Å². The van der Waals surface area contributed by atoms with E-state index in [4.69, 9.17) is 0 Å². The van der Waals surface area contributed by atoms with E-state index in [-0.39, 0.29) is 0 Å². The molecule has 0 aromatic carbocycles. The highest BCUT2D eigenvalue weighted by Crippen LogP contribution is 2.29. The lowest BCUT2D eigenvalue weighted by molar-refractivity contribution is -0.144. The molecule has 1 rings (SSSR count). The van der Waals surface area contributed by atoms with Gasteiger partial charge in [0.1, 0.15) is 5.54 Å². The van der Waals surface area contributed by atoms with Crippen LogP contribution in [0.15, 0.2) is 0 Å². The molecule has 1 aliphatic rings. The number of carboxylic acids is 1. The molecular weight excluding hydrogens is 202 g/mol. The van der Waals surface area contributed by atoms with E-state index in [1.165, 1.54) is 25.7 Å². The van der Waals surface area contributed by atoms with Crippen LogP contribution in [0, 0.1) is 5.92 Å². The van der Waals surface area contributed by atoms with Crippen molar-refractivity contribution in [1.29, 1.82) is 0 Å². The third-order valence-corrected chi connectivity index (χ3v) is 3.48. The van der Waals surface area contributed by atoms with Gasteiger partial charge in [-0.05, 0) is 38.6 Å². The Balaban J connectivity index is 2.27. The van der Waals surface area contributed by atoms with Crippen LogP contribution in [0.1, 0.15) is 58.8 Å². The van der Waals surface area contributed by atoms with Crippen LogP contribution in [0.25, 0.3) is 0 Å². The van der Waals surface area contributed by atoms with Crippen LogP contribution in [-0.4, -0.2) is 23.2 Å².